The van der Waals surface area contributed by atoms with Gasteiger partial charge in [0.25, 0.3) is 5.56 Å². The van der Waals surface area contributed by atoms with Gasteiger partial charge in [-0.25, -0.2) is 9.78 Å². The number of nitrogens with one attached hydrogen (secondary N) is 2. The predicted octanol–water partition coefficient (Wildman–Crippen LogP) is 1.12. The number of anilines is 1. The van der Waals surface area contributed by atoms with E-state index in [1.54, 1.807) is 7.05 Å². The van der Waals surface area contributed by atoms with Crippen molar-refractivity contribution in [1.29, 1.82) is 0 Å². The van der Waals surface area contributed by atoms with Crippen LogP contribution in [0.3, 0.4) is 0 Å². The fourth-order valence-corrected chi connectivity index (χ4v) is 2.22. The van der Waals surface area contributed by atoms with Crippen molar-refractivity contribution in [1.82, 2.24) is 14.9 Å². The Bertz CT molecular complexity index is 739. The van der Waals surface area contributed by atoms with Crippen LogP contribution in [0.15, 0.2) is 40.9 Å². The average molecular weight is 362 g/mol. The lowest BCUT2D eigenvalue weighted by Gasteiger charge is -2.20. The first-order chi connectivity index (χ1) is 12.5. The molecule has 0 unspecified atom stereocenters. The van der Waals surface area contributed by atoms with Crippen LogP contribution in [0.2, 0.25) is 0 Å². The van der Waals surface area contributed by atoms with Crippen molar-refractivity contribution in [3.63, 3.8) is 0 Å². The van der Waals surface area contributed by atoms with Crippen LogP contribution in [-0.2, 0) is 11.8 Å². The Balaban J connectivity index is 3.16. The number of nitrogens with two attached hydrogens (primary N) is 1. The Morgan fingerprint density at radius 1 is 1.58 bits per heavy atom. The molecule has 26 heavy (non-hydrogen) atoms. The second-order valence-corrected chi connectivity index (χ2v) is 5.42. The fourth-order valence-electron chi connectivity index (χ4n) is 2.22. The first kappa shape index (κ1) is 20.9. The summed E-state index contributed by atoms with van der Waals surface area (Å²) in [5.74, 6) is 0.361. The highest BCUT2D eigenvalue weighted by molar-refractivity contribution is 6.07. The van der Waals surface area contributed by atoms with Crippen LogP contribution in [0.4, 0.5) is 10.7 Å². The van der Waals surface area contributed by atoms with Gasteiger partial charge in [-0.05, 0) is 18.7 Å². The van der Waals surface area contributed by atoms with E-state index in [1.807, 2.05) is 6.92 Å². The summed E-state index contributed by atoms with van der Waals surface area (Å²) in [6.45, 7) is 5.91. The Morgan fingerprint density at radius 2 is 2.31 bits per heavy atom. The lowest BCUT2D eigenvalue weighted by atomic mass is 10.1. The lowest BCUT2D eigenvalue weighted by molar-refractivity contribution is 0.170. The summed E-state index contributed by atoms with van der Waals surface area (Å²) in [5, 5.41) is 5.84. The molecule has 0 aliphatic carbocycles. The molecule has 0 saturated carbocycles. The summed E-state index contributed by atoms with van der Waals surface area (Å²) < 4.78 is 5.97. The van der Waals surface area contributed by atoms with Gasteiger partial charge in [0, 0.05) is 31.9 Å². The van der Waals surface area contributed by atoms with Crippen LogP contribution in [0.1, 0.15) is 25.5 Å². The SMILES string of the molecule is C=CN=C(/C=C\N)c1cc(=O)n(C)c(N[C@H](CCC)CNC(=O)OC)n1. The Labute approximate surface area is 152 Å². The average Bonchev–Trinajstić information content (AvgIpc) is 2.62. The summed E-state index contributed by atoms with van der Waals surface area (Å²) in [6, 6.07) is 1.24. The number of hydrogen-bond acceptors (Lipinski definition) is 7. The summed E-state index contributed by atoms with van der Waals surface area (Å²) in [7, 11) is 2.92. The van der Waals surface area contributed by atoms with E-state index in [4.69, 9.17) is 5.73 Å². The molecule has 142 valence electrons. The number of alkyl carbamates (subject to hydrolysis) is 1. The van der Waals surface area contributed by atoms with Gasteiger partial charge in [-0.15, -0.1) is 0 Å². The maximum Gasteiger partial charge on any atom is 0.406 e. The van der Waals surface area contributed by atoms with Crippen molar-refractivity contribution in [2.45, 2.75) is 25.8 Å². The molecule has 1 aromatic heterocycles. The zero-order valence-corrected chi connectivity index (χ0v) is 15.4. The topological polar surface area (TPSA) is 124 Å². The van der Waals surface area contributed by atoms with Gasteiger partial charge in [-0.3, -0.25) is 14.4 Å². The van der Waals surface area contributed by atoms with E-state index in [0.717, 1.165) is 12.8 Å². The van der Waals surface area contributed by atoms with Crippen LogP contribution in [0.25, 0.3) is 0 Å². The van der Waals surface area contributed by atoms with Gasteiger partial charge in [-0.1, -0.05) is 19.9 Å². The molecule has 0 saturated heterocycles. The number of methoxy groups -OCH3 is 1. The van der Waals surface area contributed by atoms with E-state index in [0.29, 0.717) is 23.9 Å². The second-order valence-electron chi connectivity index (χ2n) is 5.42. The molecule has 0 radical (unpaired) electrons. The molecule has 1 heterocycles. The zero-order chi connectivity index (χ0) is 19.5. The number of rotatable bonds is 9. The van der Waals surface area contributed by atoms with E-state index in [1.165, 1.54) is 36.2 Å². The number of aromatic nitrogens is 2. The molecule has 1 aromatic rings. The van der Waals surface area contributed by atoms with Crippen molar-refractivity contribution < 1.29 is 9.53 Å². The minimum Gasteiger partial charge on any atom is -0.453 e. The Morgan fingerprint density at radius 3 is 2.88 bits per heavy atom. The van der Waals surface area contributed by atoms with Crippen LogP contribution in [0.5, 0.6) is 0 Å². The van der Waals surface area contributed by atoms with Crippen LogP contribution < -0.4 is 21.9 Å². The molecule has 9 heteroatoms. The van der Waals surface area contributed by atoms with E-state index < -0.39 is 6.09 Å². The van der Waals surface area contributed by atoms with Gasteiger partial charge in [0.05, 0.1) is 18.5 Å². The maximum absolute atomic E-state index is 12.3. The number of carbonyl (C=O) groups excluding carboxylic acids is 1. The predicted molar refractivity (Wildman–Crippen MR) is 102 cm³/mol. The highest BCUT2D eigenvalue weighted by Gasteiger charge is 2.14. The van der Waals surface area contributed by atoms with Crippen molar-refractivity contribution in [3.05, 3.63) is 47.2 Å². The first-order valence-corrected chi connectivity index (χ1v) is 8.20. The van der Waals surface area contributed by atoms with Crippen LogP contribution in [0, 0.1) is 0 Å². The normalized spacial score (nSPS) is 12.7. The minimum atomic E-state index is -0.517. The molecule has 9 nitrogen and oxygen atoms in total. The third-order valence-corrected chi connectivity index (χ3v) is 3.53. The fraction of sp³-hybridized carbons (Fsp3) is 0.412. The first-order valence-electron chi connectivity index (χ1n) is 8.20. The molecule has 0 spiro atoms. The number of amides is 1. The molecule has 0 fully saturated rings. The van der Waals surface area contributed by atoms with Gasteiger partial charge in [0.2, 0.25) is 5.95 Å². The zero-order valence-electron chi connectivity index (χ0n) is 15.4. The molecule has 1 amide bonds. The van der Waals surface area contributed by atoms with Crippen LogP contribution >= 0.6 is 0 Å². The van der Waals surface area contributed by atoms with Gasteiger partial charge < -0.3 is 21.1 Å². The van der Waals surface area contributed by atoms with Crippen molar-refractivity contribution >= 4 is 17.8 Å². The third-order valence-electron chi connectivity index (χ3n) is 3.53. The minimum absolute atomic E-state index is 0.128. The molecular formula is C17H26N6O3. The maximum atomic E-state index is 12.3. The number of aliphatic imine (C=N–C) groups is 1. The van der Waals surface area contributed by atoms with E-state index in [9.17, 15) is 9.59 Å². The number of nitrogens with zero attached hydrogens (tertiary/aromatic N) is 3. The highest BCUT2D eigenvalue weighted by atomic mass is 16.5. The summed E-state index contributed by atoms with van der Waals surface area (Å²) in [5.41, 5.74) is 5.96. The van der Waals surface area contributed by atoms with E-state index in [2.05, 4.69) is 31.9 Å². The molecule has 0 aliphatic heterocycles. The number of allylic oxidation sites excluding steroid dienone is 1. The smallest absolute Gasteiger partial charge is 0.406 e. The van der Waals surface area contributed by atoms with E-state index in [-0.39, 0.29) is 11.6 Å². The number of ether oxygens (including phenoxy) is 1. The highest BCUT2D eigenvalue weighted by Crippen LogP contribution is 2.08. The van der Waals surface area contributed by atoms with Gasteiger partial charge in [0.15, 0.2) is 0 Å². The number of hydrogen-bond donors (Lipinski definition) is 3. The van der Waals surface area contributed by atoms with Gasteiger partial charge >= 0.3 is 6.09 Å². The van der Waals surface area contributed by atoms with Crippen molar-refractivity contribution in [2.75, 3.05) is 19.0 Å². The Kier molecular flexibility index (Phi) is 8.62. The summed E-state index contributed by atoms with van der Waals surface area (Å²) in [4.78, 5) is 32.1. The Hall–Kier alpha value is -3.10. The molecule has 0 bridgehead atoms. The van der Waals surface area contributed by atoms with Gasteiger partial charge in [0.1, 0.15) is 0 Å². The van der Waals surface area contributed by atoms with Crippen molar-refractivity contribution in [3.8, 4) is 0 Å². The molecule has 1 rings (SSSR count). The quantitative estimate of drug-likeness (QED) is 0.566. The monoisotopic (exact) mass is 362 g/mol. The van der Waals surface area contributed by atoms with Gasteiger partial charge in [-0.2, -0.15) is 0 Å². The molecule has 0 aromatic carbocycles. The molecule has 1 atom stereocenters. The molecule has 0 aliphatic rings. The van der Waals surface area contributed by atoms with E-state index >= 15 is 0 Å². The third kappa shape index (κ3) is 6.08. The molecular weight excluding hydrogens is 336 g/mol. The molecule has 4 N–H and O–H groups in total. The second kappa shape index (κ2) is 10.7. The van der Waals surface area contributed by atoms with Crippen LogP contribution in [-0.4, -0.2) is 41.1 Å². The summed E-state index contributed by atoms with van der Waals surface area (Å²) in [6.07, 6.45) is 5.33. The standard InChI is InChI=1S/C17H26N6O3/c1-5-7-12(11-20-17(25)26-4)21-16-22-14(10-15(24)23(16)3)13(8-9-18)19-6-2/h6,8-10,12H,2,5,7,11,18H2,1,3-4H3,(H,20,25)(H,21,22)/b9-8-,19-13?/t12-/m1/s1. The largest absolute Gasteiger partial charge is 0.453 e. The summed E-state index contributed by atoms with van der Waals surface area (Å²) >= 11 is 0. The lowest BCUT2D eigenvalue weighted by Crippen LogP contribution is -2.38. The number of carbonyl (C=O) groups is 1. The van der Waals surface area contributed by atoms with Crippen molar-refractivity contribution in [2.24, 2.45) is 17.8 Å².